The molecule has 0 unspecified atom stereocenters. The lowest BCUT2D eigenvalue weighted by molar-refractivity contribution is -0.140. The lowest BCUT2D eigenvalue weighted by Gasteiger charge is -2.21. The van der Waals surface area contributed by atoms with Gasteiger partial charge in [0, 0.05) is 11.5 Å². The number of aromatic hydroxyl groups is 1. The van der Waals surface area contributed by atoms with Gasteiger partial charge in [-0.15, -0.1) is 0 Å². The van der Waals surface area contributed by atoms with Gasteiger partial charge in [0.2, 0.25) is 5.75 Å². The first-order valence-electron chi connectivity index (χ1n) is 8.34. The van der Waals surface area contributed by atoms with Gasteiger partial charge in [-0.05, 0) is 29.8 Å². The third kappa shape index (κ3) is 3.53. The van der Waals surface area contributed by atoms with Crippen LogP contribution in [0.2, 0.25) is 0 Å². The van der Waals surface area contributed by atoms with Crippen molar-refractivity contribution < 1.29 is 28.8 Å². The Kier molecular flexibility index (Phi) is 5.84. The smallest absolute Gasteiger partial charge is 0.306 e. The minimum Gasteiger partial charge on any atom is -0.508 e. The molecule has 0 saturated carbocycles. The maximum absolute atomic E-state index is 12.2. The molecular weight excluding hydrogens is 384 g/mol. The Hall–Kier alpha value is -3.07. The molecule has 1 aromatic heterocycles. The third-order valence-corrected chi connectivity index (χ3v) is 5.02. The quantitative estimate of drug-likeness (QED) is 0.600. The Morgan fingerprint density at radius 3 is 2.32 bits per heavy atom. The zero-order valence-corrected chi connectivity index (χ0v) is 16.7. The van der Waals surface area contributed by atoms with Crippen LogP contribution in [-0.4, -0.2) is 48.3 Å². The van der Waals surface area contributed by atoms with Crippen molar-refractivity contribution in [1.82, 2.24) is 8.75 Å². The van der Waals surface area contributed by atoms with Gasteiger partial charge in [0.25, 0.3) is 0 Å². The van der Waals surface area contributed by atoms with Crippen molar-refractivity contribution in [2.45, 2.75) is 12.3 Å². The Labute approximate surface area is 165 Å². The molecule has 0 aliphatic carbocycles. The topological polar surface area (TPSA) is 100 Å². The van der Waals surface area contributed by atoms with E-state index in [9.17, 15) is 9.90 Å². The highest BCUT2D eigenvalue weighted by atomic mass is 32.1. The fraction of sp³-hybridized carbons (Fsp3) is 0.316. The number of hydrogen-bond donors (Lipinski definition) is 1. The maximum Gasteiger partial charge on any atom is 0.306 e. The number of methoxy groups -OCH3 is 4. The minimum atomic E-state index is -0.561. The van der Waals surface area contributed by atoms with Gasteiger partial charge in [0.15, 0.2) is 11.5 Å². The van der Waals surface area contributed by atoms with Gasteiger partial charge < -0.3 is 24.1 Å². The number of carbonyl (C=O) groups excluding carboxylic acids is 1. The number of phenols is 1. The number of carbonyl (C=O) groups is 1. The molecule has 0 bridgehead atoms. The summed E-state index contributed by atoms with van der Waals surface area (Å²) in [6.07, 6.45) is -0.0145. The van der Waals surface area contributed by atoms with Crippen LogP contribution in [0.3, 0.4) is 0 Å². The fourth-order valence-corrected chi connectivity index (χ4v) is 3.69. The Balaban J connectivity index is 2.25. The third-order valence-electron chi connectivity index (χ3n) is 4.48. The number of benzene rings is 2. The summed E-state index contributed by atoms with van der Waals surface area (Å²) >= 11 is 1.04. The maximum atomic E-state index is 12.2. The second-order valence-electron chi connectivity index (χ2n) is 5.92. The van der Waals surface area contributed by atoms with Crippen LogP contribution in [0, 0.1) is 0 Å². The molecule has 1 heterocycles. The van der Waals surface area contributed by atoms with E-state index < -0.39 is 11.9 Å². The summed E-state index contributed by atoms with van der Waals surface area (Å²) in [5.41, 5.74) is 2.34. The molecule has 9 heteroatoms. The van der Waals surface area contributed by atoms with Crippen LogP contribution in [0.1, 0.15) is 23.5 Å². The molecule has 0 fully saturated rings. The summed E-state index contributed by atoms with van der Waals surface area (Å²) in [6.45, 7) is 0. The molecular formula is C19H20N2O6S. The van der Waals surface area contributed by atoms with Crippen molar-refractivity contribution in [3.63, 3.8) is 0 Å². The molecule has 0 amide bonds. The average Bonchev–Trinajstić information content (AvgIpc) is 3.19. The van der Waals surface area contributed by atoms with Crippen molar-refractivity contribution in [2.24, 2.45) is 0 Å². The molecule has 0 aliphatic heterocycles. The van der Waals surface area contributed by atoms with E-state index in [1.807, 2.05) is 0 Å². The second-order valence-corrected chi connectivity index (χ2v) is 6.45. The molecule has 0 radical (unpaired) electrons. The second kappa shape index (κ2) is 8.30. The van der Waals surface area contributed by atoms with Gasteiger partial charge in [0.05, 0.1) is 46.6 Å². The highest BCUT2D eigenvalue weighted by molar-refractivity contribution is 7.00. The monoisotopic (exact) mass is 404 g/mol. The predicted octanol–water partition coefficient (Wildman–Crippen LogP) is 3.12. The summed E-state index contributed by atoms with van der Waals surface area (Å²) in [6, 6.07) is 6.71. The summed E-state index contributed by atoms with van der Waals surface area (Å²) in [4.78, 5) is 12.2. The molecule has 148 valence electrons. The zero-order valence-electron chi connectivity index (χ0n) is 15.9. The van der Waals surface area contributed by atoms with Gasteiger partial charge in [0.1, 0.15) is 16.8 Å². The lowest BCUT2D eigenvalue weighted by atomic mass is 9.86. The Morgan fingerprint density at radius 2 is 1.75 bits per heavy atom. The Bertz CT molecular complexity index is 978. The predicted molar refractivity (Wildman–Crippen MR) is 104 cm³/mol. The fourth-order valence-electron chi connectivity index (χ4n) is 3.14. The SMILES string of the molecule is COC(=O)C[C@@H](c1cc(OC)c(OC)c(OC)c1)c1c(O)ccc2nsnc12. The van der Waals surface area contributed by atoms with Crippen LogP contribution in [0.15, 0.2) is 24.3 Å². The van der Waals surface area contributed by atoms with Crippen LogP contribution < -0.4 is 14.2 Å². The zero-order chi connectivity index (χ0) is 20.3. The normalized spacial score (nSPS) is 11.9. The van der Waals surface area contributed by atoms with E-state index in [1.165, 1.54) is 28.4 Å². The number of phenolic OH excluding ortho intramolecular Hbond substituents is 1. The largest absolute Gasteiger partial charge is 0.508 e. The van der Waals surface area contributed by atoms with E-state index in [0.717, 1.165) is 11.7 Å². The first-order valence-corrected chi connectivity index (χ1v) is 9.07. The van der Waals surface area contributed by atoms with Crippen LogP contribution in [0.5, 0.6) is 23.0 Å². The van der Waals surface area contributed by atoms with Gasteiger partial charge in [-0.3, -0.25) is 4.79 Å². The summed E-state index contributed by atoms with van der Waals surface area (Å²) in [5.74, 6) is 0.336. The van der Waals surface area contributed by atoms with E-state index in [-0.39, 0.29) is 12.2 Å². The number of aromatic nitrogens is 2. The van der Waals surface area contributed by atoms with Crippen molar-refractivity contribution in [3.8, 4) is 23.0 Å². The summed E-state index contributed by atoms with van der Waals surface area (Å²) in [5, 5.41) is 10.6. The van der Waals surface area contributed by atoms with Gasteiger partial charge in [-0.1, -0.05) is 0 Å². The van der Waals surface area contributed by atoms with Crippen molar-refractivity contribution in [2.75, 3.05) is 28.4 Å². The molecule has 0 aliphatic rings. The summed E-state index contributed by atoms with van der Waals surface area (Å²) in [7, 11) is 5.86. The molecule has 3 rings (SSSR count). The number of fused-ring (bicyclic) bond motifs is 1. The number of hydrogen-bond acceptors (Lipinski definition) is 9. The molecule has 8 nitrogen and oxygen atoms in total. The van der Waals surface area contributed by atoms with E-state index >= 15 is 0 Å². The van der Waals surface area contributed by atoms with E-state index in [4.69, 9.17) is 18.9 Å². The van der Waals surface area contributed by atoms with Crippen molar-refractivity contribution in [1.29, 1.82) is 0 Å². The number of rotatable bonds is 7. The van der Waals surface area contributed by atoms with Gasteiger partial charge in [-0.25, -0.2) is 0 Å². The molecule has 0 spiro atoms. The van der Waals surface area contributed by atoms with Crippen LogP contribution in [0.4, 0.5) is 0 Å². The van der Waals surface area contributed by atoms with Crippen LogP contribution in [0.25, 0.3) is 11.0 Å². The van der Waals surface area contributed by atoms with Gasteiger partial charge in [-0.2, -0.15) is 8.75 Å². The standard InChI is InChI=1S/C19H20N2O6S/c1-24-14-7-10(8-15(25-2)19(14)27-4)11(9-16(23)26-3)17-13(22)6-5-12-18(17)21-28-20-12/h5-8,11,22H,9H2,1-4H3/t11-/m0/s1. The minimum absolute atomic E-state index is 0.0145. The highest BCUT2D eigenvalue weighted by Gasteiger charge is 2.28. The van der Waals surface area contributed by atoms with Gasteiger partial charge >= 0.3 is 5.97 Å². The lowest BCUT2D eigenvalue weighted by Crippen LogP contribution is -2.11. The van der Waals surface area contributed by atoms with Crippen molar-refractivity contribution in [3.05, 3.63) is 35.4 Å². The first-order chi connectivity index (χ1) is 13.5. The first kappa shape index (κ1) is 19.7. The van der Waals surface area contributed by atoms with E-state index in [1.54, 1.807) is 24.3 Å². The molecule has 28 heavy (non-hydrogen) atoms. The Morgan fingerprint density at radius 1 is 1.07 bits per heavy atom. The number of esters is 1. The molecule has 2 aromatic carbocycles. The van der Waals surface area contributed by atoms with E-state index in [0.29, 0.717) is 39.4 Å². The average molecular weight is 404 g/mol. The van der Waals surface area contributed by atoms with Crippen LogP contribution >= 0.6 is 11.7 Å². The number of nitrogens with zero attached hydrogens (tertiary/aromatic N) is 2. The molecule has 0 saturated heterocycles. The molecule has 1 atom stereocenters. The number of ether oxygens (including phenoxy) is 4. The summed E-state index contributed by atoms with van der Waals surface area (Å²) < 4.78 is 29.6. The molecule has 1 N–H and O–H groups in total. The highest BCUT2D eigenvalue weighted by Crippen LogP contribution is 2.45. The van der Waals surface area contributed by atoms with Crippen LogP contribution in [-0.2, 0) is 9.53 Å². The van der Waals surface area contributed by atoms with E-state index in [2.05, 4.69) is 8.75 Å². The molecule has 3 aromatic rings. The van der Waals surface area contributed by atoms with Crippen molar-refractivity contribution >= 4 is 28.7 Å².